The first-order valence-corrected chi connectivity index (χ1v) is 3.60. The van der Waals surface area contributed by atoms with E-state index >= 15 is 0 Å². The summed E-state index contributed by atoms with van der Waals surface area (Å²) < 4.78 is 15.6. The maximum atomic E-state index is 7.79. The third-order valence-corrected chi connectivity index (χ3v) is 1.23. The lowest BCUT2D eigenvalue weighted by atomic mass is 10.0. The van der Waals surface area contributed by atoms with Gasteiger partial charge in [0, 0.05) is 2.74 Å². The Morgan fingerprint density at radius 3 is 2.40 bits per heavy atom. The highest BCUT2D eigenvalue weighted by Crippen LogP contribution is 2.05. The Kier molecular flexibility index (Phi) is 1.68. The summed E-state index contributed by atoms with van der Waals surface area (Å²) in [5, 5.41) is 0. The summed E-state index contributed by atoms with van der Waals surface area (Å²) in [5.74, 6) is 0.0138. The molecule has 0 aromatic heterocycles. The molecule has 1 aromatic rings. The van der Waals surface area contributed by atoms with Gasteiger partial charge in [-0.3, -0.25) is 0 Å². The second kappa shape index (κ2) is 3.40. The molecule has 0 amide bonds. The lowest BCUT2D eigenvalue weighted by Crippen LogP contribution is -1.92. The lowest BCUT2D eigenvalue weighted by Gasteiger charge is -2.02. The third-order valence-electron chi connectivity index (χ3n) is 1.23. The fourth-order valence-corrected chi connectivity index (χ4v) is 0.868. The van der Waals surface area contributed by atoms with Crippen molar-refractivity contribution in [2.24, 2.45) is 5.92 Å². The summed E-state index contributed by atoms with van der Waals surface area (Å²) in [6.07, 6.45) is -1.21. The van der Waals surface area contributed by atoms with Crippen molar-refractivity contribution < 1.29 is 2.74 Å². The van der Waals surface area contributed by atoms with Crippen LogP contribution >= 0.6 is 0 Å². The van der Waals surface area contributed by atoms with Gasteiger partial charge in [-0.2, -0.15) is 0 Å². The first kappa shape index (κ1) is 4.95. The maximum absolute atomic E-state index is 7.79. The Morgan fingerprint density at radius 2 is 1.90 bits per heavy atom. The van der Waals surface area contributed by atoms with Crippen molar-refractivity contribution in [3.63, 3.8) is 0 Å². The van der Waals surface area contributed by atoms with E-state index in [4.69, 9.17) is 2.74 Å². The van der Waals surface area contributed by atoms with Gasteiger partial charge in [0.05, 0.1) is 0 Å². The van der Waals surface area contributed by atoms with Gasteiger partial charge < -0.3 is 0 Å². The summed E-state index contributed by atoms with van der Waals surface area (Å²) in [5.41, 5.74) is 0.764. The Labute approximate surface area is 65.7 Å². The van der Waals surface area contributed by atoms with E-state index in [0.29, 0.717) is 0 Å². The fourth-order valence-electron chi connectivity index (χ4n) is 0.868. The zero-order valence-electron chi connectivity index (χ0n) is 8.46. The SMILES string of the molecule is [2H]C([2H])(c1ccccc1)C(C)C. The normalized spacial score (nSPS) is 14.7. The van der Waals surface area contributed by atoms with E-state index in [2.05, 4.69) is 0 Å². The lowest BCUT2D eigenvalue weighted by molar-refractivity contribution is 0.647. The third kappa shape index (κ3) is 2.22. The first-order valence-electron chi connectivity index (χ1n) is 4.60. The Morgan fingerprint density at radius 1 is 1.30 bits per heavy atom. The van der Waals surface area contributed by atoms with Crippen LogP contribution in [0.2, 0.25) is 0 Å². The predicted molar refractivity (Wildman–Crippen MR) is 45.0 cm³/mol. The standard InChI is InChI=1S/C10H14/c1-9(2)8-10-6-4-3-5-7-10/h3-7,9H,8H2,1-2H3/i8D2. The molecule has 0 unspecified atom stereocenters. The molecule has 0 aliphatic rings. The van der Waals surface area contributed by atoms with Crippen molar-refractivity contribution in [2.45, 2.75) is 20.2 Å². The van der Waals surface area contributed by atoms with Gasteiger partial charge in [-0.25, -0.2) is 0 Å². The number of hydrogen-bond acceptors (Lipinski definition) is 0. The molecule has 0 nitrogen and oxygen atoms in total. The Hall–Kier alpha value is -0.780. The molecule has 0 heteroatoms. The minimum Gasteiger partial charge on any atom is -0.0625 e. The molecule has 0 atom stereocenters. The van der Waals surface area contributed by atoms with E-state index in [1.807, 2.05) is 44.2 Å². The average Bonchev–Trinajstić information content (AvgIpc) is 2.06. The van der Waals surface area contributed by atoms with Crippen LogP contribution in [0.15, 0.2) is 30.3 Å². The van der Waals surface area contributed by atoms with E-state index in [9.17, 15) is 0 Å². The van der Waals surface area contributed by atoms with Crippen molar-refractivity contribution in [1.29, 1.82) is 0 Å². The van der Waals surface area contributed by atoms with Gasteiger partial charge >= 0.3 is 0 Å². The van der Waals surface area contributed by atoms with Gasteiger partial charge in [0.1, 0.15) is 0 Å². The molecule has 0 aliphatic heterocycles. The topological polar surface area (TPSA) is 0 Å². The second-order valence-electron chi connectivity index (χ2n) is 2.67. The predicted octanol–water partition coefficient (Wildman–Crippen LogP) is 2.89. The largest absolute Gasteiger partial charge is 0.0625 e. The van der Waals surface area contributed by atoms with Crippen LogP contribution in [0.25, 0.3) is 0 Å². The fraction of sp³-hybridized carbons (Fsp3) is 0.400. The van der Waals surface area contributed by atoms with Crippen LogP contribution < -0.4 is 0 Å². The molecule has 0 spiro atoms. The molecule has 0 saturated carbocycles. The molecule has 54 valence electrons. The van der Waals surface area contributed by atoms with Crippen molar-refractivity contribution in [1.82, 2.24) is 0 Å². The van der Waals surface area contributed by atoms with Crippen molar-refractivity contribution in [3.8, 4) is 0 Å². The number of hydrogen-bond donors (Lipinski definition) is 0. The molecule has 1 rings (SSSR count). The van der Waals surface area contributed by atoms with Crippen LogP contribution in [0, 0.1) is 5.92 Å². The molecule has 10 heavy (non-hydrogen) atoms. The van der Waals surface area contributed by atoms with Gasteiger partial charge in [0.2, 0.25) is 0 Å². The van der Waals surface area contributed by atoms with Crippen molar-refractivity contribution >= 4 is 0 Å². The van der Waals surface area contributed by atoms with Crippen LogP contribution in [0.4, 0.5) is 0 Å². The molecule has 1 aromatic carbocycles. The van der Waals surface area contributed by atoms with E-state index in [0.717, 1.165) is 5.56 Å². The van der Waals surface area contributed by atoms with Gasteiger partial charge in [-0.15, -0.1) is 0 Å². The summed E-state index contributed by atoms with van der Waals surface area (Å²) in [6, 6.07) is 9.31. The molecule has 0 bridgehead atoms. The van der Waals surface area contributed by atoms with Gasteiger partial charge in [-0.05, 0) is 17.9 Å². The van der Waals surface area contributed by atoms with Crippen molar-refractivity contribution in [2.75, 3.05) is 0 Å². The van der Waals surface area contributed by atoms with Gasteiger partial charge in [-0.1, -0.05) is 44.2 Å². The molecular weight excluding hydrogens is 120 g/mol. The Balaban J connectivity index is 2.98. The molecule has 0 heterocycles. The molecule has 0 aliphatic carbocycles. The highest BCUT2D eigenvalue weighted by molar-refractivity contribution is 5.14. The molecule has 0 fully saturated rings. The maximum Gasteiger partial charge on any atom is 0.0319 e. The zero-order valence-corrected chi connectivity index (χ0v) is 6.46. The average molecular weight is 136 g/mol. The smallest absolute Gasteiger partial charge is 0.0319 e. The van der Waals surface area contributed by atoms with E-state index in [-0.39, 0.29) is 5.92 Å². The number of benzene rings is 1. The second-order valence-corrected chi connectivity index (χ2v) is 2.67. The Bertz CT molecular complexity index is 239. The minimum atomic E-state index is -1.21. The summed E-state index contributed by atoms with van der Waals surface area (Å²) in [4.78, 5) is 0. The van der Waals surface area contributed by atoms with E-state index in [1.54, 1.807) is 0 Å². The highest BCUT2D eigenvalue weighted by Gasteiger charge is 1.94. The van der Waals surface area contributed by atoms with E-state index in [1.165, 1.54) is 0 Å². The zero-order chi connectivity index (χ0) is 9.19. The first-order chi connectivity index (χ1) is 5.55. The highest BCUT2D eigenvalue weighted by atomic mass is 14.0. The molecule has 0 radical (unpaired) electrons. The molecular formula is C10H14. The van der Waals surface area contributed by atoms with Crippen molar-refractivity contribution in [3.05, 3.63) is 35.9 Å². The van der Waals surface area contributed by atoms with E-state index < -0.39 is 6.37 Å². The van der Waals surface area contributed by atoms with Crippen LogP contribution in [-0.4, -0.2) is 0 Å². The summed E-state index contributed by atoms with van der Waals surface area (Å²) in [7, 11) is 0. The molecule has 0 saturated heterocycles. The van der Waals surface area contributed by atoms with Crippen LogP contribution in [-0.2, 0) is 6.37 Å². The molecule has 0 N–H and O–H groups in total. The van der Waals surface area contributed by atoms with Gasteiger partial charge in [0.15, 0.2) is 0 Å². The minimum absolute atomic E-state index is 0.0138. The monoisotopic (exact) mass is 136 g/mol. The quantitative estimate of drug-likeness (QED) is 0.586. The summed E-state index contributed by atoms with van der Waals surface area (Å²) in [6.45, 7) is 3.79. The van der Waals surface area contributed by atoms with Crippen LogP contribution in [0.5, 0.6) is 0 Å². The van der Waals surface area contributed by atoms with Crippen LogP contribution in [0.3, 0.4) is 0 Å². The van der Waals surface area contributed by atoms with Crippen LogP contribution in [0.1, 0.15) is 22.2 Å². The van der Waals surface area contributed by atoms with Gasteiger partial charge in [0.25, 0.3) is 0 Å². The number of rotatable bonds is 2. The summed E-state index contributed by atoms with van der Waals surface area (Å²) >= 11 is 0.